The summed E-state index contributed by atoms with van der Waals surface area (Å²) in [6, 6.07) is 43.5. The highest BCUT2D eigenvalue weighted by Crippen LogP contribution is 2.31. The van der Waals surface area contributed by atoms with E-state index in [-0.39, 0.29) is 18.4 Å². The van der Waals surface area contributed by atoms with Gasteiger partial charge in [-0.15, -0.1) is 11.3 Å². The molecule has 1 amide bonds. The summed E-state index contributed by atoms with van der Waals surface area (Å²) < 4.78 is 46.5. The van der Waals surface area contributed by atoms with E-state index in [1.165, 1.54) is 34.6 Å². The van der Waals surface area contributed by atoms with Crippen molar-refractivity contribution in [1.29, 1.82) is 0 Å². The minimum Gasteiger partial charge on any atom is -0.489 e. The van der Waals surface area contributed by atoms with Gasteiger partial charge in [0.1, 0.15) is 23.1 Å². The van der Waals surface area contributed by atoms with Crippen LogP contribution in [0.4, 0.5) is 13.2 Å². The first-order valence-corrected chi connectivity index (χ1v) is 17.6. The van der Waals surface area contributed by atoms with Gasteiger partial charge in [0.2, 0.25) is 0 Å². The second-order valence-corrected chi connectivity index (χ2v) is 13.2. The smallest absolute Gasteiger partial charge is 0.416 e. The first-order chi connectivity index (χ1) is 24.8. The molecule has 0 aliphatic carbocycles. The van der Waals surface area contributed by atoms with Crippen LogP contribution in [0.2, 0.25) is 0 Å². The third-order valence-electron chi connectivity index (χ3n) is 8.50. The van der Waals surface area contributed by atoms with Gasteiger partial charge in [0, 0.05) is 30.9 Å². The molecular weight excluding hydrogens is 668 g/mol. The molecule has 1 aromatic heterocycles. The Bertz CT molecular complexity index is 1930. The standard InChI is InChI=1S/C42H38F3N3O2S/c43-42(44,45)36-18-10-13-33(25-36)27-48(26-31-19-21-37(22-20-31)50-29-32-11-4-1-5-12-32)28-40-47-39(30-51-40)41(49)46-24-23-38(34-14-6-2-7-15-34)35-16-8-3-9-17-35/h1-22,25,30,38H,23-24,26-29H2,(H,46,49). The average Bonchev–Trinajstić information content (AvgIpc) is 3.62. The fourth-order valence-corrected chi connectivity index (χ4v) is 6.77. The molecule has 6 aromatic rings. The molecule has 9 heteroatoms. The molecule has 0 aliphatic heterocycles. The van der Waals surface area contributed by atoms with Gasteiger partial charge in [-0.05, 0) is 52.4 Å². The van der Waals surface area contributed by atoms with Gasteiger partial charge in [-0.1, -0.05) is 121 Å². The van der Waals surface area contributed by atoms with Gasteiger partial charge < -0.3 is 10.1 Å². The number of carbonyl (C=O) groups is 1. The zero-order valence-corrected chi connectivity index (χ0v) is 28.7. The third-order valence-corrected chi connectivity index (χ3v) is 9.34. The Hall–Kier alpha value is -5.25. The van der Waals surface area contributed by atoms with Crippen LogP contribution in [0.25, 0.3) is 0 Å². The van der Waals surface area contributed by atoms with Crippen LogP contribution in [-0.4, -0.2) is 22.3 Å². The maximum Gasteiger partial charge on any atom is 0.416 e. The van der Waals surface area contributed by atoms with Crippen molar-refractivity contribution in [3.05, 3.63) is 189 Å². The number of ether oxygens (including phenoxy) is 1. The van der Waals surface area contributed by atoms with Gasteiger partial charge in [-0.2, -0.15) is 13.2 Å². The van der Waals surface area contributed by atoms with Gasteiger partial charge in [-0.25, -0.2) is 4.98 Å². The van der Waals surface area contributed by atoms with Crippen LogP contribution in [0.3, 0.4) is 0 Å². The Morgan fingerprint density at radius 3 is 1.98 bits per heavy atom. The van der Waals surface area contributed by atoms with Crippen molar-refractivity contribution >= 4 is 17.2 Å². The summed E-state index contributed by atoms with van der Waals surface area (Å²) in [5.41, 5.74) is 4.57. The number of rotatable bonds is 15. The van der Waals surface area contributed by atoms with Crippen molar-refractivity contribution in [2.45, 2.75) is 44.8 Å². The topological polar surface area (TPSA) is 54.5 Å². The number of amides is 1. The maximum absolute atomic E-state index is 13.5. The Balaban J connectivity index is 1.11. The van der Waals surface area contributed by atoms with Crippen molar-refractivity contribution in [3.8, 4) is 5.75 Å². The molecule has 0 saturated carbocycles. The normalized spacial score (nSPS) is 11.5. The zero-order chi connectivity index (χ0) is 35.5. The first kappa shape index (κ1) is 35.6. The maximum atomic E-state index is 13.5. The SMILES string of the molecule is O=C(NCCC(c1ccccc1)c1ccccc1)c1csc(CN(Cc2ccc(OCc3ccccc3)cc2)Cc2cccc(C(F)(F)F)c2)n1. The second-order valence-electron chi connectivity index (χ2n) is 12.3. The zero-order valence-electron chi connectivity index (χ0n) is 27.9. The summed E-state index contributed by atoms with van der Waals surface area (Å²) in [4.78, 5) is 19.9. The Labute approximate surface area is 300 Å². The minimum absolute atomic E-state index is 0.132. The van der Waals surface area contributed by atoms with Crippen molar-refractivity contribution < 1.29 is 22.7 Å². The fourth-order valence-electron chi connectivity index (χ4n) is 5.96. The summed E-state index contributed by atoms with van der Waals surface area (Å²) in [5, 5.41) is 5.46. The van der Waals surface area contributed by atoms with Crippen molar-refractivity contribution in [3.63, 3.8) is 0 Å². The van der Waals surface area contributed by atoms with E-state index in [4.69, 9.17) is 4.74 Å². The average molecular weight is 706 g/mol. The lowest BCUT2D eigenvalue weighted by molar-refractivity contribution is -0.137. The van der Waals surface area contributed by atoms with Crippen LogP contribution in [-0.2, 0) is 32.4 Å². The number of benzene rings is 5. The molecule has 0 saturated heterocycles. The summed E-state index contributed by atoms with van der Waals surface area (Å²) >= 11 is 1.36. The molecule has 0 atom stereocenters. The molecule has 5 nitrogen and oxygen atoms in total. The number of aromatic nitrogens is 1. The largest absolute Gasteiger partial charge is 0.489 e. The van der Waals surface area contributed by atoms with Crippen LogP contribution in [0.5, 0.6) is 5.75 Å². The highest BCUT2D eigenvalue weighted by atomic mass is 32.1. The van der Waals surface area contributed by atoms with Crippen molar-refractivity contribution in [2.75, 3.05) is 6.54 Å². The molecule has 0 bridgehead atoms. The molecule has 0 spiro atoms. The van der Waals surface area contributed by atoms with Gasteiger partial charge in [0.05, 0.1) is 12.1 Å². The van der Waals surface area contributed by atoms with Gasteiger partial charge in [0.25, 0.3) is 5.91 Å². The molecule has 5 aromatic carbocycles. The molecule has 51 heavy (non-hydrogen) atoms. The van der Waals surface area contributed by atoms with E-state index in [1.54, 1.807) is 11.4 Å². The molecule has 1 heterocycles. The number of nitrogens with zero attached hydrogens (tertiary/aromatic N) is 2. The molecule has 0 unspecified atom stereocenters. The highest BCUT2D eigenvalue weighted by Gasteiger charge is 2.30. The van der Waals surface area contributed by atoms with Crippen LogP contribution in [0, 0.1) is 0 Å². The highest BCUT2D eigenvalue weighted by molar-refractivity contribution is 7.09. The van der Waals surface area contributed by atoms with E-state index in [0.29, 0.717) is 42.5 Å². The summed E-state index contributed by atoms with van der Waals surface area (Å²) in [7, 11) is 0. The Kier molecular flexibility index (Phi) is 11.9. The number of halogens is 3. The van der Waals surface area contributed by atoms with Crippen molar-refractivity contribution in [2.24, 2.45) is 0 Å². The number of hydrogen-bond acceptors (Lipinski definition) is 5. The first-order valence-electron chi connectivity index (χ1n) is 16.8. The van der Waals surface area contributed by atoms with Gasteiger partial charge in [0.15, 0.2) is 0 Å². The third kappa shape index (κ3) is 10.4. The lowest BCUT2D eigenvalue weighted by atomic mass is 9.88. The van der Waals surface area contributed by atoms with E-state index >= 15 is 0 Å². The summed E-state index contributed by atoms with van der Waals surface area (Å²) in [6.07, 6.45) is -3.71. The van der Waals surface area contributed by atoms with Crippen LogP contribution in [0.1, 0.15) is 61.2 Å². The summed E-state index contributed by atoms with van der Waals surface area (Å²) in [5.74, 6) is 0.599. The van der Waals surface area contributed by atoms with Gasteiger partial charge in [-0.3, -0.25) is 9.69 Å². The van der Waals surface area contributed by atoms with E-state index in [1.807, 2.05) is 95.9 Å². The number of nitrogens with one attached hydrogen (secondary N) is 1. The fraction of sp³-hybridized carbons (Fsp3) is 0.190. The minimum atomic E-state index is -4.43. The van der Waals surface area contributed by atoms with Gasteiger partial charge >= 0.3 is 6.18 Å². The lowest BCUT2D eigenvalue weighted by Crippen LogP contribution is -2.26. The lowest BCUT2D eigenvalue weighted by Gasteiger charge is -2.22. The number of hydrogen-bond donors (Lipinski definition) is 1. The van der Waals surface area contributed by atoms with Crippen LogP contribution < -0.4 is 10.1 Å². The predicted octanol–water partition coefficient (Wildman–Crippen LogP) is 9.90. The van der Waals surface area contributed by atoms with Crippen LogP contribution in [0.15, 0.2) is 145 Å². The molecule has 260 valence electrons. The molecule has 6 rings (SSSR count). The number of carbonyl (C=O) groups excluding carboxylic acids is 1. The van der Waals surface area contributed by atoms with Crippen molar-refractivity contribution in [1.82, 2.24) is 15.2 Å². The Morgan fingerprint density at radius 2 is 1.33 bits per heavy atom. The number of thiazole rings is 1. The van der Waals surface area contributed by atoms with E-state index < -0.39 is 11.7 Å². The van der Waals surface area contributed by atoms with Crippen LogP contribution >= 0.6 is 11.3 Å². The molecule has 0 fully saturated rings. The molecule has 1 N–H and O–H groups in total. The quantitative estimate of drug-likeness (QED) is 0.116. The number of alkyl halides is 3. The van der Waals surface area contributed by atoms with E-state index in [2.05, 4.69) is 34.6 Å². The molecular formula is C42H38F3N3O2S. The summed E-state index contributed by atoms with van der Waals surface area (Å²) in [6.45, 7) is 1.98. The second kappa shape index (κ2) is 17.1. The molecule has 0 radical (unpaired) electrons. The Morgan fingerprint density at radius 1 is 0.725 bits per heavy atom. The molecule has 0 aliphatic rings. The predicted molar refractivity (Wildman–Crippen MR) is 195 cm³/mol. The monoisotopic (exact) mass is 705 g/mol. The van der Waals surface area contributed by atoms with E-state index in [0.717, 1.165) is 29.4 Å². The van der Waals surface area contributed by atoms with E-state index in [9.17, 15) is 18.0 Å².